The molecule has 0 bridgehead atoms. The maximum atomic E-state index is 10.7. The molecule has 0 amide bonds. The smallest absolute Gasteiger partial charge is 0.336 e. The molecule has 0 unspecified atom stereocenters. The third-order valence-corrected chi connectivity index (χ3v) is 2.10. The van der Waals surface area contributed by atoms with Crippen molar-refractivity contribution in [3.05, 3.63) is 28.3 Å². The van der Waals surface area contributed by atoms with Crippen LogP contribution in [0.1, 0.15) is 22.8 Å². The third kappa shape index (κ3) is 2.17. The average Bonchev–Trinajstić information content (AvgIpc) is 2.10. The highest BCUT2D eigenvalue weighted by molar-refractivity contribution is 6.32. The highest BCUT2D eigenvalue weighted by atomic mass is 35.5. The van der Waals surface area contributed by atoms with Crippen LogP contribution < -0.4 is 4.74 Å². The first-order chi connectivity index (χ1) is 6.56. The number of halogens is 1. The molecule has 0 aliphatic carbocycles. The van der Waals surface area contributed by atoms with E-state index in [4.69, 9.17) is 21.4 Å². The van der Waals surface area contributed by atoms with Gasteiger partial charge in [-0.25, -0.2) is 4.79 Å². The molecule has 76 valence electrons. The Bertz CT molecular complexity index is 361. The lowest BCUT2D eigenvalue weighted by Gasteiger charge is -2.08. The van der Waals surface area contributed by atoms with Gasteiger partial charge < -0.3 is 9.84 Å². The van der Waals surface area contributed by atoms with Crippen LogP contribution in [0.15, 0.2) is 12.1 Å². The minimum absolute atomic E-state index is 0.207. The molecule has 1 aromatic rings. The van der Waals surface area contributed by atoms with Crippen molar-refractivity contribution in [3.63, 3.8) is 0 Å². The van der Waals surface area contributed by atoms with E-state index in [1.807, 2.05) is 6.92 Å². The van der Waals surface area contributed by atoms with Gasteiger partial charge in [0, 0.05) is 0 Å². The van der Waals surface area contributed by atoms with Crippen LogP contribution in [-0.4, -0.2) is 17.7 Å². The van der Waals surface area contributed by atoms with E-state index in [1.165, 1.54) is 6.07 Å². The second-order valence-corrected chi connectivity index (χ2v) is 3.24. The molecule has 0 fully saturated rings. The van der Waals surface area contributed by atoms with Gasteiger partial charge in [0.1, 0.15) is 5.75 Å². The van der Waals surface area contributed by atoms with Gasteiger partial charge in [0.05, 0.1) is 17.2 Å². The second-order valence-electron chi connectivity index (χ2n) is 2.84. The molecule has 4 heteroatoms. The first kappa shape index (κ1) is 10.9. The van der Waals surface area contributed by atoms with E-state index in [-0.39, 0.29) is 5.56 Å². The quantitative estimate of drug-likeness (QED) is 0.842. The minimum atomic E-state index is -0.979. The van der Waals surface area contributed by atoms with Crippen LogP contribution in [0, 0.1) is 6.92 Å². The summed E-state index contributed by atoms with van der Waals surface area (Å²) >= 11 is 5.84. The van der Waals surface area contributed by atoms with Crippen LogP contribution >= 0.6 is 11.6 Å². The van der Waals surface area contributed by atoms with Gasteiger partial charge in [-0.3, -0.25) is 0 Å². The molecule has 0 aliphatic heterocycles. The summed E-state index contributed by atoms with van der Waals surface area (Å²) in [5.74, 6) is -0.455. The van der Waals surface area contributed by atoms with Crippen LogP contribution in [-0.2, 0) is 0 Å². The molecule has 1 N–H and O–H groups in total. The molecule has 0 aromatic heterocycles. The van der Waals surface area contributed by atoms with Crippen molar-refractivity contribution in [2.24, 2.45) is 0 Å². The van der Waals surface area contributed by atoms with Crippen molar-refractivity contribution >= 4 is 17.6 Å². The van der Waals surface area contributed by atoms with Crippen LogP contribution in [0.25, 0.3) is 0 Å². The van der Waals surface area contributed by atoms with Crippen LogP contribution in [0.4, 0.5) is 0 Å². The summed E-state index contributed by atoms with van der Waals surface area (Å²) in [6.07, 6.45) is 0. The van der Waals surface area contributed by atoms with Crippen molar-refractivity contribution in [3.8, 4) is 5.75 Å². The molecule has 0 heterocycles. The zero-order valence-electron chi connectivity index (χ0n) is 8.00. The van der Waals surface area contributed by atoms with E-state index >= 15 is 0 Å². The molecule has 1 rings (SSSR count). The Morgan fingerprint density at radius 3 is 2.71 bits per heavy atom. The fourth-order valence-corrected chi connectivity index (χ4v) is 1.37. The molecule has 14 heavy (non-hydrogen) atoms. The van der Waals surface area contributed by atoms with Gasteiger partial charge in [-0.2, -0.15) is 0 Å². The Labute approximate surface area is 87.3 Å². The zero-order valence-corrected chi connectivity index (χ0v) is 8.76. The second kappa shape index (κ2) is 4.33. The fraction of sp³-hybridized carbons (Fsp3) is 0.300. The minimum Gasteiger partial charge on any atom is -0.492 e. The van der Waals surface area contributed by atoms with Crippen molar-refractivity contribution in [2.45, 2.75) is 13.8 Å². The van der Waals surface area contributed by atoms with Gasteiger partial charge >= 0.3 is 5.97 Å². The summed E-state index contributed by atoms with van der Waals surface area (Å²) in [6.45, 7) is 4.06. The average molecular weight is 215 g/mol. The van der Waals surface area contributed by atoms with Crippen LogP contribution in [0.5, 0.6) is 5.75 Å². The SMILES string of the molecule is CCOc1cc(C)c(C(=O)O)cc1Cl. The molecule has 0 saturated carbocycles. The molecule has 0 radical (unpaired) electrons. The summed E-state index contributed by atoms with van der Waals surface area (Å²) in [6, 6.07) is 3.04. The first-order valence-corrected chi connectivity index (χ1v) is 4.60. The van der Waals surface area contributed by atoms with Gasteiger partial charge in [0.2, 0.25) is 0 Å². The molecular formula is C10H11ClO3. The molecular weight excluding hydrogens is 204 g/mol. The third-order valence-electron chi connectivity index (χ3n) is 1.81. The first-order valence-electron chi connectivity index (χ1n) is 4.22. The number of benzene rings is 1. The zero-order chi connectivity index (χ0) is 10.7. The van der Waals surface area contributed by atoms with E-state index in [0.717, 1.165) is 0 Å². The maximum Gasteiger partial charge on any atom is 0.336 e. The lowest BCUT2D eigenvalue weighted by molar-refractivity contribution is 0.0696. The van der Waals surface area contributed by atoms with Gasteiger partial charge in [-0.05, 0) is 31.5 Å². The van der Waals surface area contributed by atoms with Crippen molar-refractivity contribution in [1.29, 1.82) is 0 Å². The standard InChI is InChI=1S/C10H11ClO3/c1-3-14-9-4-6(2)7(10(12)13)5-8(9)11/h4-5H,3H2,1-2H3,(H,12,13). The summed E-state index contributed by atoms with van der Waals surface area (Å²) in [4.78, 5) is 10.7. The highest BCUT2D eigenvalue weighted by Gasteiger charge is 2.11. The number of carboxylic acids is 1. The number of hydrogen-bond donors (Lipinski definition) is 1. The summed E-state index contributed by atoms with van der Waals surface area (Å²) in [5, 5.41) is 9.14. The topological polar surface area (TPSA) is 46.5 Å². The van der Waals surface area contributed by atoms with Crippen molar-refractivity contribution in [2.75, 3.05) is 6.61 Å². The Morgan fingerprint density at radius 1 is 1.57 bits per heavy atom. The molecule has 0 spiro atoms. The normalized spacial score (nSPS) is 9.93. The Balaban J connectivity index is 3.17. The van der Waals surface area contributed by atoms with E-state index in [1.54, 1.807) is 13.0 Å². The van der Waals surface area contributed by atoms with Crippen molar-refractivity contribution < 1.29 is 14.6 Å². The van der Waals surface area contributed by atoms with E-state index in [2.05, 4.69) is 0 Å². The number of carbonyl (C=O) groups is 1. The number of aryl methyl sites for hydroxylation is 1. The fourth-order valence-electron chi connectivity index (χ4n) is 1.15. The largest absolute Gasteiger partial charge is 0.492 e. The highest BCUT2D eigenvalue weighted by Crippen LogP contribution is 2.28. The molecule has 1 aromatic carbocycles. The van der Waals surface area contributed by atoms with Crippen molar-refractivity contribution in [1.82, 2.24) is 0 Å². The van der Waals surface area contributed by atoms with Crippen LogP contribution in [0.2, 0.25) is 5.02 Å². The number of hydrogen-bond acceptors (Lipinski definition) is 2. The molecule has 0 atom stereocenters. The monoisotopic (exact) mass is 214 g/mol. The maximum absolute atomic E-state index is 10.7. The summed E-state index contributed by atoms with van der Waals surface area (Å²) in [5.41, 5.74) is 0.851. The van der Waals surface area contributed by atoms with Gasteiger partial charge in [0.25, 0.3) is 0 Å². The van der Waals surface area contributed by atoms with E-state index in [9.17, 15) is 4.79 Å². The number of rotatable bonds is 3. The predicted octanol–water partition coefficient (Wildman–Crippen LogP) is 2.75. The summed E-state index contributed by atoms with van der Waals surface area (Å²) < 4.78 is 5.23. The van der Waals surface area contributed by atoms with E-state index in [0.29, 0.717) is 22.9 Å². The Kier molecular flexibility index (Phi) is 3.36. The lowest BCUT2D eigenvalue weighted by atomic mass is 10.1. The number of carboxylic acid groups (broad SMARTS) is 1. The molecule has 0 aliphatic rings. The van der Waals surface area contributed by atoms with Gasteiger partial charge in [-0.1, -0.05) is 11.6 Å². The lowest BCUT2D eigenvalue weighted by Crippen LogP contribution is -2.01. The molecule has 3 nitrogen and oxygen atoms in total. The summed E-state index contributed by atoms with van der Waals surface area (Å²) in [7, 11) is 0. The van der Waals surface area contributed by atoms with Crippen LogP contribution in [0.3, 0.4) is 0 Å². The predicted molar refractivity (Wildman–Crippen MR) is 54.3 cm³/mol. The Morgan fingerprint density at radius 2 is 2.21 bits per heavy atom. The molecule has 0 saturated heterocycles. The van der Waals surface area contributed by atoms with Gasteiger partial charge in [0.15, 0.2) is 0 Å². The van der Waals surface area contributed by atoms with Gasteiger partial charge in [-0.15, -0.1) is 0 Å². The van der Waals surface area contributed by atoms with E-state index < -0.39 is 5.97 Å². The number of ether oxygens (including phenoxy) is 1. The Hall–Kier alpha value is -1.22. The number of aromatic carboxylic acids is 1.